The summed E-state index contributed by atoms with van der Waals surface area (Å²) in [4.78, 5) is 12.3. The van der Waals surface area contributed by atoms with Crippen molar-refractivity contribution >= 4 is 5.97 Å². The first-order chi connectivity index (χ1) is 16.2. The van der Waals surface area contributed by atoms with Gasteiger partial charge in [0.25, 0.3) is 0 Å². The molecule has 0 aromatic heterocycles. The summed E-state index contributed by atoms with van der Waals surface area (Å²) in [5.74, 6) is 1.23. The molecule has 5 aliphatic carbocycles. The fraction of sp³-hybridized carbons (Fsp3) is 0.906. The summed E-state index contributed by atoms with van der Waals surface area (Å²) in [6.45, 7) is 20.3. The van der Waals surface area contributed by atoms with Gasteiger partial charge in [-0.1, -0.05) is 53.2 Å². The molecule has 0 radical (unpaired) electrons. The zero-order valence-electron chi connectivity index (χ0n) is 23.9. The van der Waals surface area contributed by atoms with Gasteiger partial charge >= 0.3 is 5.97 Å². The van der Waals surface area contributed by atoms with Gasteiger partial charge in [-0.2, -0.15) is 0 Å². The lowest BCUT2D eigenvalue weighted by Gasteiger charge is -2.71. The van der Waals surface area contributed by atoms with Crippen LogP contribution in [0, 0.1) is 50.2 Å². The van der Waals surface area contributed by atoms with E-state index >= 15 is 0 Å². The third-order valence-corrected chi connectivity index (χ3v) is 13.7. The van der Waals surface area contributed by atoms with Gasteiger partial charge in [0, 0.05) is 6.61 Å². The normalized spacial score (nSPS) is 52.9. The van der Waals surface area contributed by atoms with Crippen LogP contribution in [-0.2, 0) is 9.53 Å². The van der Waals surface area contributed by atoms with Gasteiger partial charge < -0.3 is 9.84 Å². The molecule has 0 aromatic rings. The van der Waals surface area contributed by atoms with Crippen molar-refractivity contribution in [2.24, 2.45) is 50.2 Å². The molecule has 0 aromatic carbocycles. The van der Waals surface area contributed by atoms with Crippen LogP contribution in [0.1, 0.15) is 120 Å². The summed E-state index contributed by atoms with van der Waals surface area (Å²) >= 11 is 0. The molecule has 4 saturated carbocycles. The van der Waals surface area contributed by atoms with E-state index in [0.717, 1.165) is 25.9 Å². The number of fused-ring (bicyclic) bond motifs is 7. The molecule has 4 fully saturated rings. The maximum atomic E-state index is 12.3. The lowest BCUT2D eigenvalue weighted by Crippen LogP contribution is -2.64. The highest BCUT2D eigenvalue weighted by atomic mass is 16.5. The predicted molar refractivity (Wildman–Crippen MR) is 142 cm³/mol. The molecule has 1 N–H and O–H groups in total. The Morgan fingerprint density at radius 1 is 0.943 bits per heavy atom. The topological polar surface area (TPSA) is 46.5 Å². The van der Waals surface area contributed by atoms with Crippen LogP contribution in [0.5, 0.6) is 0 Å². The van der Waals surface area contributed by atoms with Gasteiger partial charge in [-0.3, -0.25) is 4.79 Å². The van der Waals surface area contributed by atoms with E-state index in [1.165, 1.54) is 44.9 Å². The van der Waals surface area contributed by atoms with E-state index < -0.39 is 11.4 Å². The summed E-state index contributed by atoms with van der Waals surface area (Å²) in [7, 11) is 0. The zero-order chi connectivity index (χ0) is 25.7. The summed E-state index contributed by atoms with van der Waals surface area (Å²) in [5.41, 5.74) is 2.38. The first-order valence-electron chi connectivity index (χ1n) is 14.7. The van der Waals surface area contributed by atoms with Crippen molar-refractivity contribution in [2.45, 2.75) is 126 Å². The molecule has 198 valence electrons. The molecule has 3 nitrogen and oxygen atoms in total. The van der Waals surface area contributed by atoms with E-state index in [2.05, 4.69) is 54.5 Å². The van der Waals surface area contributed by atoms with Crippen molar-refractivity contribution in [3.8, 4) is 0 Å². The number of allylic oxidation sites excluding steroid dienone is 2. The van der Waals surface area contributed by atoms with Gasteiger partial charge in [0.2, 0.25) is 0 Å². The van der Waals surface area contributed by atoms with Crippen LogP contribution >= 0.6 is 0 Å². The molecule has 5 aliphatic rings. The Labute approximate surface area is 214 Å². The van der Waals surface area contributed by atoms with Gasteiger partial charge in [0.1, 0.15) is 0 Å². The van der Waals surface area contributed by atoms with Crippen LogP contribution in [-0.4, -0.2) is 23.8 Å². The SMILES string of the molecule is CCOC1CCC2(C)C(CCC3(C)C2CC=C2C4C[C@@](C)(C(=O)O)CCC4(C)CC[C@]23C)C1(C)C. The third kappa shape index (κ3) is 3.28. The van der Waals surface area contributed by atoms with E-state index in [0.29, 0.717) is 29.3 Å². The van der Waals surface area contributed by atoms with Gasteiger partial charge in [-0.15, -0.1) is 0 Å². The van der Waals surface area contributed by atoms with E-state index in [9.17, 15) is 9.90 Å². The largest absolute Gasteiger partial charge is 0.481 e. The molecular formula is C32H52O3. The van der Waals surface area contributed by atoms with Crippen LogP contribution < -0.4 is 0 Å². The molecule has 0 heterocycles. The number of ether oxygens (including phenoxy) is 1. The fourth-order valence-electron chi connectivity index (χ4n) is 11.0. The van der Waals surface area contributed by atoms with Crippen molar-refractivity contribution < 1.29 is 14.6 Å². The molecule has 0 saturated heterocycles. The van der Waals surface area contributed by atoms with Crippen LogP contribution in [0.4, 0.5) is 0 Å². The molecule has 3 heteroatoms. The molecular weight excluding hydrogens is 432 g/mol. The second kappa shape index (κ2) is 7.84. The molecule has 35 heavy (non-hydrogen) atoms. The highest BCUT2D eigenvalue weighted by Gasteiger charge is 2.68. The van der Waals surface area contributed by atoms with Gasteiger partial charge in [0.05, 0.1) is 11.5 Å². The standard InChI is InChI=1S/C32H52O3/c1-9-35-25-13-14-30(6)23(27(25,2)3)12-15-32(8)24(30)11-10-21-22-20-29(5,26(33)34)17-16-28(22,4)18-19-31(21,32)7/h10,22-25H,9,11-20H2,1-8H3,(H,33,34)/t22?,23?,24?,25?,28?,29-,30?,31+,32?/m0/s1. The number of aliphatic carboxylic acids is 1. The Kier molecular flexibility index (Phi) is 5.78. The molecule has 0 bridgehead atoms. The van der Waals surface area contributed by atoms with Crippen LogP contribution in [0.15, 0.2) is 11.6 Å². The van der Waals surface area contributed by atoms with E-state index in [4.69, 9.17) is 4.74 Å². The van der Waals surface area contributed by atoms with Crippen LogP contribution in [0.3, 0.4) is 0 Å². The highest BCUT2D eigenvalue weighted by Crippen LogP contribution is 2.75. The molecule has 0 spiro atoms. The van der Waals surface area contributed by atoms with Crippen molar-refractivity contribution in [3.05, 3.63) is 11.6 Å². The van der Waals surface area contributed by atoms with Crippen LogP contribution in [0.2, 0.25) is 0 Å². The Balaban J connectivity index is 1.54. The number of carbonyl (C=O) groups is 1. The summed E-state index contributed by atoms with van der Waals surface area (Å²) in [6, 6.07) is 0. The lowest BCUT2D eigenvalue weighted by molar-refractivity contribution is -0.210. The minimum absolute atomic E-state index is 0.186. The number of rotatable bonds is 3. The first-order valence-corrected chi connectivity index (χ1v) is 14.7. The molecule has 5 rings (SSSR count). The summed E-state index contributed by atoms with van der Waals surface area (Å²) in [5, 5.41) is 10.1. The quantitative estimate of drug-likeness (QED) is 0.410. The molecule has 9 atom stereocenters. The second-order valence-corrected chi connectivity index (χ2v) is 15.4. The second-order valence-electron chi connectivity index (χ2n) is 15.4. The van der Waals surface area contributed by atoms with Gasteiger partial charge in [-0.25, -0.2) is 0 Å². The molecule has 7 unspecified atom stereocenters. The smallest absolute Gasteiger partial charge is 0.309 e. The van der Waals surface area contributed by atoms with E-state index in [1.807, 2.05) is 6.92 Å². The number of carboxylic acids is 1. The lowest BCUT2D eigenvalue weighted by atomic mass is 9.33. The van der Waals surface area contributed by atoms with Crippen molar-refractivity contribution in [2.75, 3.05) is 6.61 Å². The number of hydrogen-bond donors (Lipinski definition) is 1. The predicted octanol–water partition coefficient (Wildman–Crippen LogP) is 8.28. The Bertz CT molecular complexity index is 920. The summed E-state index contributed by atoms with van der Waals surface area (Å²) < 4.78 is 6.31. The molecule has 0 aliphatic heterocycles. The summed E-state index contributed by atoms with van der Waals surface area (Å²) in [6.07, 6.45) is 14.5. The maximum Gasteiger partial charge on any atom is 0.309 e. The van der Waals surface area contributed by atoms with Gasteiger partial charge in [-0.05, 0) is 123 Å². The third-order valence-electron chi connectivity index (χ3n) is 13.7. The van der Waals surface area contributed by atoms with Gasteiger partial charge in [0.15, 0.2) is 0 Å². The molecule has 0 amide bonds. The van der Waals surface area contributed by atoms with E-state index in [1.54, 1.807) is 5.57 Å². The van der Waals surface area contributed by atoms with E-state index in [-0.39, 0.29) is 21.7 Å². The number of hydrogen-bond acceptors (Lipinski definition) is 2. The first kappa shape index (κ1) is 25.8. The highest BCUT2D eigenvalue weighted by molar-refractivity contribution is 5.74. The van der Waals surface area contributed by atoms with Crippen molar-refractivity contribution in [3.63, 3.8) is 0 Å². The maximum absolute atomic E-state index is 12.3. The average Bonchev–Trinajstić information content (AvgIpc) is 2.77. The Hall–Kier alpha value is -0.830. The minimum atomic E-state index is -0.589. The average molecular weight is 485 g/mol. The minimum Gasteiger partial charge on any atom is -0.481 e. The van der Waals surface area contributed by atoms with Crippen molar-refractivity contribution in [1.29, 1.82) is 0 Å². The monoisotopic (exact) mass is 484 g/mol. The van der Waals surface area contributed by atoms with Crippen LogP contribution in [0.25, 0.3) is 0 Å². The zero-order valence-corrected chi connectivity index (χ0v) is 23.9. The Morgan fingerprint density at radius 3 is 2.29 bits per heavy atom. The Morgan fingerprint density at radius 2 is 1.63 bits per heavy atom. The number of carboxylic acid groups (broad SMARTS) is 1. The fourth-order valence-corrected chi connectivity index (χ4v) is 11.0. The van der Waals surface area contributed by atoms with Crippen molar-refractivity contribution in [1.82, 2.24) is 0 Å².